The zero-order valence-corrected chi connectivity index (χ0v) is 11.7. The van der Waals surface area contributed by atoms with E-state index in [0.717, 1.165) is 17.0 Å². The fourth-order valence-corrected chi connectivity index (χ4v) is 2.22. The third-order valence-corrected chi connectivity index (χ3v) is 3.45. The predicted octanol–water partition coefficient (Wildman–Crippen LogP) is 2.89. The van der Waals surface area contributed by atoms with Crippen LogP contribution in [-0.4, -0.2) is 20.9 Å². The smallest absolute Gasteiger partial charge is 0.306 e. The second kappa shape index (κ2) is 5.45. The van der Waals surface area contributed by atoms with Crippen molar-refractivity contribution in [3.05, 3.63) is 47.0 Å². The van der Waals surface area contributed by atoms with E-state index in [1.165, 1.54) is 10.7 Å². The summed E-state index contributed by atoms with van der Waals surface area (Å²) in [7, 11) is 0. The number of para-hydroxylation sites is 1. The highest BCUT2D eigenvalue weighted by molar-refractivity contribution is 5.70. The van der Waals surface area contributed by atoms with E-state index in [2.05, 4.69) is 5.10 Å². The van der Waals surface area contributed by atoms with Crippen LogP contribution < -0.4 is 0 Å². The molecule has 1 unspecified atom stereocenters. The normalized spacial score (nSPS) is 12.4. The molecule has 1 heterocycles. The first-order valence-corrected chi connectivity index (χ1v) is 6.44. The molecule has 4 nitrogen and oxygen atoms in total. The highest BCUT2D eigenvalue weighted by atomic mass is 19.1. The molecule has 106 valence electrons. The lowest BCUT2D eigenvalue weighted by Crippen LogP contribution is -2.13. The van der Waals surface area contributed by atoms with E-state index in [0.29, 0.717) is 12.1 Å². The zero-order valence-electron chi connectivity index (χ0n) is 11.7. The van der Waals surface area contributed by atoms with Gasteiger partial charge < -0.3 is 5.11 Å². The number of hydrogen-bond donors (Lipinski definition) is 1. The van der Waals surface area contributed by atoms with Crippen molar-refractivity contribution in [1.29, 1.82) is 0 Å². The molecule has 0 fully saturated rings. The number of benzene rings is 1. The minimum atomic E-state index is -0.845. The van der Waals surface area contributed by atoms with Gasteiger partial charge in [-0.3, -0.25) is 4.79 Å². The van der Waals surface area contributed by atoms with Gasteiger partial charge in [-0.1, -0.05) is 19.1 Å². The number of carbonyl (C=O) groups is 1. The topological polar surface area (TPSA) is 55.1 Å². The van der Waals surface area contributed by atoms with Crippen molar-refractivity contribution in [2.24, 2.45) is 5.92 Å². The van der Waals surface area contributed by atoms with E-state index in [1.54, 1.807) is 25.1 Å². The van der Waals surface area contributed by atoms with Gasteiger partial charge in [0.1, 0.15) is 11.5 Å². The summed E-state index contributed by atoms with van der Waals surface area (Å²) in [5.74, 6) is -1.69. The molecule has 1 aromatic heterocycles. The molecular weight excluding hydrogens is 259 g/mol. The van der Waals surface area contributed by atoms with Gasteiger partial charge in [-0.15, -0.1) is 0 Å². The van der Waals surface area contributed by atoms with Crippen LogP contribution in [0, 0.1) is 25.6 Å². The van der Waals surface area contributed by atoms with E-state index >= 15 is 0 Å². The van der Waals surface area contributed by atoms with Gasteiger partial charge in [-0.2, -0.15) is 5.10 Å². The van der Waals surface area contributed by atoms with E-state index < -0.39 is 11.9 Å². The second-order valence-electron chi connectivity index (χ2n) is 4.96. The summed E-state index contributed by atoms with van der Waals surface area (Å²) in [4.78, 5) is 11.0. The predicted molar refractivity (Wildman–Crippen MR) is 73.5 cm³/mol. The summed E-state index contributed by atoms with van der Waals surface area (Å²) >= 11 is 0. The average Bonchev–Trinajstić information content (AvgIpc) is 2.67. The van der Waals surface area contributed by atoms with Crippen molar-refractivity contribution in [3.63, 3.8) is 0 Å². The zero-order chi connectivity index (χ0) is 14.9. The fourth-order valence-electron chi connectivity index (χ4n) is 2.22. The summed E-state index contributed by atoms with van der Waals surface area (Å²) < 4.78 is 15.4. The van der Waals surface area contributed by atoms with Gasteiger partial charge in [-0.05, 0) is 38.0 Å². The van der Waals surface area contributed by atoms with Crippen LogP contribution in [0.25, 0.3) is 5.69 Å². The molecule has 0 amide bonds. The number of nitrogens with zero attached hydrogens (tertiary/aromatic N) is 2. The Morgan fingerprint density at radius 1 is 1.40 bits per heavy atom. The SMILES string of the molecule is Cc1nn(-c2ccccc2F)c(C)c1CC(C)C(=O)O. The van der Waals surface area contributed by atoms with Gasteiger partial charge in [-0.25, -0.2) is 9.07 Å². The maximum absolute atomic E-state index is 13.8. The molecule has 1 atom stereocenters. The minimum absolute atomic E-state index is 0.351. The number of rotatable bonds is 4. The van der Waals surface area contributed by atoms with Crippen LogP contribution in [0.3, 0.4) is 0 Å². The van der Waals surface area contributed by atoms with Gasteiger partial charge in [0.25, 0.3) is 0 Å². The van der Waals surface area contributed by atoms with Gasteiger partial charge in [0.15, 0.2) is 0 Å². The van der Waals surface area contributed by atoms with Crippen molar-refractivity contribution >= 4 is 5.97 Å². The van der Waals surface area contributed by atoms with Crippen molar-refractivity contribution in [2.45, 2.75) is 27.2 Å². The Bertz CT molecular complexity index is 649. The number of halogens is 1. The molecule has 20 heavy (non-hydrogen) atoms. The molecule has 0 aliphatic heterocycles. The Balaban J connectivity index is 2.44. The van der Waals surface area contributed by atoms with Gasteiger partial charge >= 0.3 is 5.97 Å². The molecule has 0 aliphatic carbocycles. The monoisotopic (exact) mass is 276 g/mol. The molecule has 1 N–H and O–H groups in total. The lowest BCUT2D eigenvalue weighted by atomic mass is 10.00. The van der Waals surface area contributed by atoms with Gasteiger partial charge in [0.2, 0.25) is 0 Å². The standard InChI is InChI=1S/C15H17FN2O2/c1-9(15(19)20)8-12-10(2)17-18(11(12)3)14-7-5-4-6-13(14)16/h4-7,9H,8H2,1-3H3,(H,19,20). The Hall–Kier alpha value is -2.17. The van der Waals surface area contributed by atoms with E-state index in [-0.39, 0.29) is 5.82 Å². The molecule has 0 aliphatic rings. The number of hydrogen-bond acceptors (Lipinski definition) is 2. The highest BCUT2D eigenvalue weighted by Gasteiger charge is 2.19. The maximum atomic E-state index is 13.8. The molecular formula is C15H17FN2O2. The number of aromatic nitrogens is 2. The number of aliphatic carboxylic acids is 1. The Morgan fingerprint density at radius 2 is 2.05 bits per heavy atom. The van der Waals surface area contributed by atoms with Crippen LogP contribution >= 0.6 is 0 Å². The first kappa shape index (κ1) is 14.2. The summed E-state index contributed by atoms with van der Waals surface area (Å²) in [5.41, 5.74) is 2.75. The molecule has 0 bridgehead atoms. The van der Waals surface area contributed by atoms with Crippen LogP contribution in [0.4, 0.5) is 4.39 Å². The lowest BCUT2D eigenvalue weighted by Gasteiger charge is -2.08. The van der Waals surface area contributed by atoms with E-state index in [9.17, 15) is 9.18 Å². The van der Waals surface area contributed by atoms with E-state index in [1.807, 2.05) is 13.8 Å². The Kier molecular flexibility index (Phi) is 3.88. The minimum Gasteiger partial charge on any atom is -0.481 e. The molecule has 2 aromatic rings. The van der Waals surface area contributed by atoms with Crippen LogP contribution in [-0.2, 0) is 11.2 Å². The molecule has 2 rings (SSSR count). The third kappa shape index (κ3) is 2.57. The first-order chi connectivity index (χ1) is 9.41. The van der Waals surface area contributed by atoms with Crippen molar-refractivity contribution < 1.29 is 14.3 Å². The molecule has 1 aromatic carbocycles. The van der Waals surface area contributed by atoms with Gasteiger partial charge in [0, 0.05) is 5.69 Å². The quantitative estimate of drug-likeness (QED) is 0.934. The largest absolute Gasteiger partial charge is 0.481 e. The van der Waals surface area contributed by atoms with Crippen LogP contribution in [0.1, 0.15) is 23.9 Å². The lowest BCUT2D eigenvalue weighted by molar-refractivity contribution is -0.141. The summed E-state index contributed by atoms with van der Waals surface area (Å²) in [6.07, 6.45) is 0.390. The van der Waals surface area contributed by atoms with E-state index in [4.69, 9.17) is 5.11 Å². The van der Waals surface area contributed by atoms with Crippen LogP contribution in [0.15, 0.2) is 24.3 Å². The molecule has 0 spiro atoms. The van der Waals surface area contributed by atoms with Crippen LogP contribution in [0.5, 0.6) is 0 Å². The fraction of sp³-hybridized carbons (Fsp3) is 0.333. The highest BCUT2D eigenvalue weighted by Crippen LogP contribution is 2.22. The molecule has 5 heteroatoms. The first-order valence-electron chi connectivity index (χ1n) is 6.44. The summed E-state index contributed by atoms with van der Waals surface area (Å²) in [6.45, 7) is 5.30. The number of carboxylic acids is 1. The van der Waals surface area contributed by atoms with Crippen LogP contribution in [0.2, 0.25) is 0 Å². The third-order valence-electron chi connectivity index (χ3n) is 3.45. The maximum Gasteiger partial charge on any atom is 0.306 e. The number of aryl methyl sites for hydroxylation is 1. The summed E-state index contributed by atoms with van der Waals surface area (Å²) in [6, 6.07) is 6.40. The van der Waals surface area contributed by atoms with Gasteiger partial charge in [0.05, 0.1) is 11.6 Å². The van der Waals surface area contributed by atoms with Crippen molar-refractivity contribution in [2.75, 3.05) is 0 Å². The van der Waals surface area contributed by atoms with Crippen molar-refractivity contribution in [1.82, 2.24) is 9.78 Å². The second-order valence-corrected chi connectivity index (χ2v) is 4.96. The molecule has 0 saturated heterocycles. The number of carboxylic acid groups (broad SMARTS) is 1. The van der Waals surface area contributed by atoms with Crippen molar-refractivity contribution in [3.8, 4) is 5.69 Å². The summed E-state index contributed by atoms with van der Waals surface area (Å²) in [5, 5.41) is 13.3. The molecule has 0 saturated carbocycles. The molecule has 0 radical (unpaired) electrons. The Labute approximate surface area is 116 Å². The average molecular weight is 276 g/mol. The Morgan fingerprint density at radius 3 is 2.65 bits per heavy atom.